The third-order valence-corrected chi connectivity index (χ3v) is 3.58. The lowest BCUT2D eigenvalue weighted by atomic mass is 9.82. The van der Waals surface area contributed by atoms with Crippen molar-refractivity contribution in [3.8, 4) is 0 Å². The smallest absolute Gasteiger partial charge is 0.0615 e. The molecule has 1 atom stereocenters. The summed E-state index contributed by atoms with van der Waals surface area (Å²) in [5, 5.41) is 9.48. The molecular formula is C12H27NO2. The third-order valence-electron chi connectivity index (χ3n) is 3.58. The Morgan fingerprint density at radius 1 is 1.33 bits per heavy atom. The second kappa shape index (κ2) is 7.20. The van der Waals surface area contributed by atoms with Crippen LogP contribution in [0.4, 0.5) is 0 Å². The van der Waals surface area contributed by atoms with Gasteiger partial charge in [0.2, 0.25) is 0 Å². The van der Waals surface area contributed by atoms with Gasteiger partial charge >= 0.3 is 0 Å². The molecule has 0 saturated heterocycles. The Balaban J connectivity index is 4.27. The minimum absolute atomic E-state index is 0.0523. The van der Waals surface area contributed by atoms with Crippen molar-refractivity contribution < 1.29 is 9.84 Å². The second-order valence-electron chi connectivity index (χ2n) is 4.58. The summed E-state index contributed by atoms with van der Waals surface area (Å²) in [5.41, 5.74) is 0.0523. The summed E-state index contributed by atoms with van der Waals surface area (Å²) in [5.74, 6) is 0. The van der Waals surface area contributed by atoms with E-state index in [1.165, 1.54) is 0 Å². The van der Waals surface area contributed by atoms with E-state index < -0.39 is 0 Å². The van der Waals surface area contributed by atoms with E-state index >= 15 is 0 Å². The zero-order chi connectivity index (χ0) is 11.9. The number of hydrogen-bond donors (Lipinski definition) is 1. The van der Waals surface area contributed by atoms with E-state index in [0.717, 1.165) is 26.0 Å². The molecule has 0 rings (SSSR count). The quantitative estimate of drug-likeness (QED) is 0.672. The van der Waals surface area contributed by atoms with Crippen molar-refractivity contribution in [1.82, 2.24) is 4.90 Å². The highest BCUT2D eigenvalue weighted by atomic mass is 16.5. The molecule has 0 aromatic heterocycles. The van der Waals surface area contributed by atoms with E-state index in [9.17, 15) is 5.11 Å². The molecule has 0 radical (unpaired) electrons. The summed E-state index contributed by atoms with van der Waals surface area (Å²) >= 11 is 0. The van der Waals surface area contributed by atoms with Crippen LogP contribution in [-0.2, 0) is 4.74 Å². The maximum absolute atomic E-state index is 9.48. The molecule has 0 saturated carbocycles. The van der Waals surface area contributed by atoms with Crippen LogP contribution in [0, 0.1) is 5.41 Å². The first-order valence-corrected chi connectivity index (χ1v) is 5.85. The lowest BCUT2D eigenvalue weighted by Crippen LogP contribution is -2.43. The van der Waals surface area contributed by atoms with Crippen LogP contribution in [-0.4, -0.2) is 50.0 Å². The lowest BCUT2D eigenvalue weighted by Gasteiger charge is -2.36. The predicted octanol–water partition coefficient (Wildman–Crippen LogP) is 1.75. The number of ether oxygens (including phenoxy) is 1. The van der Waals surface area contributed by atoms with Crippen LogP contribution in [0.1, 0.15) is 33.6 Å². The number of likely N-dealkylation sites (N-methyl/N-ethyl adjacent to an activating group) is 1. The number of hydrogen-bond acceptors (Lipinski definition) is 3. The molecule has 3 nitrogen and oxygen atoms in total. The average molecular weight is 217 g/mol. The number of aliphatic hydroxyl groups excluding tert-OH is 1. The van der Waals surface area contributed by atoms with Gasteiger partial charge in [0.25, 0.3) is 0 Å². The normalized spacial score (nSPS) is 14.6. The fourth-order valence-corrected chi connectivity index (χ4v) is 1.80. The van der Waals surface area contributed by atoms with Crippen molar-refractivity contribution >= 4 is 0 Å². The summed E-state index contributed by atoms with van der Waals surface area (Å²) in [6.45, 7) is 8.39. The molecule has 1 N–H and O–H groups in total. The molecule has 0 aliphatic heterocycles. The van der Waals surface area contributed by atoms with Gasteiger partial charge in [-0.25, -0.2) is 0 Å². The van der Waals surface area contributed by atoms with Crippen LogP contribution in [0.15, 0.2) is 0 Å². The van der Waals surface area contributed by atoms with Gasteiger partial charge in [-0.3, -0.25) is 0 Å². The highest BCUT2D eigenvalue weighted by Gasteiger charge is 2.28. The van der Waals surface area contributed by atoms with Gasteiger partial charge in [-0.2, -0.15) is 0 Å². The van der Waals surface area contributed by atoms with E-state index in [4.69, 9.17) is 4.74 Å². The highest BCUT2D eigenvalue weighted by Crippen LogP contribution is 2.27. The molecule has 0 bridgehead atoms. The topological polar surface area (TPSA) is 32.7 Å². The van der Waals surface area contributed by atoms with Crippen molar-refractivity contribution in [3.05, 3.63) is 0 Å². The summed E-state index contributed by atoms with van der Waals surface area (Å²) in [6, 6.07) is 0.402. The number of rotatable bonds is 8. The molecule has 0 aromatic rings. The summed E-state index contributed by atoms with van der Waals surface area (Å²) in [7, 11) is 3.82. The van der Waals surface area contributed by atoms with Crippen molar-refractivity contribution in [2.75, 3.05) is 33.9 Å². The van der Waals surface area contributed by atoms with E-state index in [1.807, 2.05) is 0 Å². The van der Waals surface area contributed by atoms with Gasteiger partial charge in [0.1, 0.15) is 0 Å². The molecular weight excluding hydrogens is 190 g/mol. The lowest BCUT2D eigenvalue weighted by molar-refractivity contribution is 0.0415. The van der Waals surface area contributed by atoms with Gasteiger partial charge in [-0.05, 0) is 26.8 Å². The monoisotopic (exact) mass is 217 g/mol. The Morgan fingerprint density at radius 3 is 2.20 bits per heavy atom. The van der Waals surface area contributed by atoms with Gasteiger partial charge in [0.15, 0.2) is 0 Å². The maximum Gasteiger partial charge on any atom is 0.0615 e. The Labute approximate surface area is 94.4 Å². The molecule has 0 heterocycles. The van der Waals surface area contributed by atoms with Crippen molar-refractivity contribution in [3.63, 3.8) is 0 Å². The summed E-state index contributed by atoms with van der Waals surface area (Å²) < 4.78 is 5.14. The van der Waals surface area contributed by atoms with E-state index in [1.54, 1.807) is 7.11 Å². The van der Waals surface area contributed by atoms with Crippen LogP contribution >= 0.6 is 0 Å². The second-order valence-corrected chi connectivity index (χ2v) is 4.58. The molecule has 3 heteroatoms. The molecule has 0 spiro atoms. The zero-order valence-corrected chi connectivity index (χ0v) is 10.9. The maximum atomic E-state index is 9.48. The molecule has 15 heavy (non-hydrogen) atoms. The molecule has 0 fully saturated rings. The van der Waals surface area contributed by atoms with Crippen LogP contribution in [0.5, 0.6) is 0 Å². The highest BCUT2D eigenvalue weighted by molar-refractivity contribution is 4.80. The van der Waals surface area contributed by atoms with Gasteiger partial charge in [-0.15, -0.1) is 0 Å². The van der Waals surface area contributed by atoms with Crippen LogP contribution in [0.3, 0.4) is 0 Å². The fourth-order valence-electron chi connectivity index (χ4n) is 1.80. The molecule has 0 aliphatic carbocycles. The first-order chi connectivity index (χ1) is 7.05. The third kappa shape index (κ3) is 4.49. The predicted molar refractivity (Wildman–Crippen MR) is 64.1 cm³/mol. The van der Waals surface area contributed by atoms with E-state index in [0.29, 0.717) is 6.04 Å². The number of nitrogens with zero attached hydrogens (tertiary/aromatic N) is 1. The van der Waals surface area contributed by atoms with Crippen molar-refractivity contribution in [1.29, 1.82) is 0 Å². The van der Waals surface area contributed by atoms with Gasteiger partial charge in [0.05, 0.1) is 6.61 Å². The fraction of sp³-hybridized carbons (Fsp3) is 1.00. The van der Waals surface area contributed by atoms with Crippen molar-refractivity contribution in [2.45, 2.75) is 39.7 Å². The average Bonchev–Trinajstić information content (AvgIpc) is 2.26. The first kappa shape index (κ1) is 14.9. The molecule has 0 aromatic carbocycles. The van der Waals surface area contributed by atoms with E-state index in [2.05, 4.69) is 32.7 Å². The van der Waals surface area contributed by atoms with Crippen LogP contribution in [0.25, 0.3) is 0 Å². The Bertz CT molecular complexity index is 149. The first-order valence-electron chi connectivity index (χ1n) is 5.85. The zero-order valence-electron chi connectivity index (χ0n) is 10.9. The van der Waals surface area contributed by atoms with Gasteiger partial charge in [0, 0.05) is 31.7 Å². The van der Waals surface area contributed by atoms with Crippen molar-refractivity contribution in [2.24, 2.45) is 5.41 Å². The largest absolute Gasteiger partial charge is 0.396 e. The number of aliphatic hydroxyl groups is 1. The molecule has 0 aliphatic rings. The SMILES string of the molecule is CCC(CC)(CO)CN(C)C(C)COC. The minimum Gasteiger partial charge on any atom is -0.396 e. The molecule has 92 valence electrons. The Morgan fingerprint density at radius 2 is 1.87 bits per heavy atom. The van der Waals surface area contributed by atoms with Crippen LogP contribution in [0.2, 0.25) is 0 Å². The molecule has 0 amide bonds. The summed E-state index contributed by atoms with van der Waals surface area (Å²) in [4.78, 5) is 2.27. The summed E-state index contributed by atoms with van der Waals surface area (Å²) in [6.07, 6.45) is 2.04. The van der Waals surface area contributed by atoms with Crippen LogP contribution < -0.4 is 0 Å². The van der Waals surface area contributed by atoms with E-state index in [-0.39, 0.29) is 12.0 Å². The Hall–Kier alpha value is -0.120. The van der Waals surface area contributed by atoms with Gasteiger partial charge in [-0.1, -0.05) is 13.8 Å². The minimum atomic E-state index is 0.0523. The standard InChI is InChI=1S/C12H27NO2/c1-6-12(7-2,10-14)9-13(4)11(3)8-15-5/h11,14H,6-10H2,1-5H3. The Kier molecular flexibility index (Phi) is 7.14. The number of methoxy groups -OCH3 is 1. The molecule has 1 unspecified atom stereocenters. The van der Waals surface area contributed by atoms with Gasteiger partial charge < -0.3 is 14.7 Å².